The third kappa shape index (κ3) is 2.41. The number of fused-ring (bicyclic) bond motifs is 1. The van der Waals surface area contributed by atoms with Gasteiger partial charge in [0.1, 0.15) is 5.82 Å². The van der Waals surface area contributed by atoms with Crippen LogP contribution in [0.5, 0.6) is 6.01 Å². The topological polar surface area (TPSA) is 86.8 Å². The van der Waals surface area contributed by atoms with Gasteiger partial charge in [-0.1, -0.05) is 6.07 Å². The first-order valence-electron chi connectivity index (χ1n) is 6.75. The number of ether oxygens (including phenoxy) is 1. The average Bonchev–Trinajstić information content (AvgIpc) is 2.80. The normalized spacial score (nSPS) is 17.2. The predicted octanol–water partition coefficient (Wildman–Crippen LogP) is 1.71. The Labute approximate surface area is 117 Å². The smallest absolute Gasteiger partial charge is 0.321 e. The van der Waals surface area contributed by atoms with Crippen LogP contribution < -0.4 is 10.5 Å². The molecule has 0 aromatic carbocycles. The van der Waals surface area contributed by atoms with E-state index in [2.05, 4.69) is 26.0 Å². The third-order valence-corrected chi connectivity index (χ3v) is 3.26. The molecule has 1 aliphatic rings. The number of aromatic nitrogens is 4. The van der Waals surface area contributed by atoms with Crippen LogP contribution in [0.1, 0.15) is 43.3 Å². The van der Waals surface area contributed by atoms with Crippen molar-refractivity contribution in [1.29, 1.82) is 0 Å². The second-order valence-corrected chi connectivity index (χ2v) is 5.14. The van der Waals surface area contributed by atoms with Crippen LogP contribution in [0.25, 0.3) is 0 Å². The zero-order valence-electron chi connectivity index (χ0n) is 11.6. The molecule has 0 saturated carbocycles. The molecule has 2 aromatic heterocycles. The zero-order chi connectivity index (χ0) is 14.1. The summed E-state index contributed by atoms with van der Waals surface area (Å²) >= 11 is 0. The highest BCUT2D eigenvalue weighted by Gasteiger charge is 2.28. The molecule has 6 heteroatoms. The molecule has 6 nitrogen and oxygen atoms in total. The number of rotatable bonds is 3. The second-order valence-electron chi connectivity index (χ2n) is 5.14. The number of nitrogens with zero attached hydrogens (tertiary/aromatic N) is 4. The van der Waals surface area contributed by atoms with Gasteiger partial charge in [0, 0.05) is 6.20 Å². The van der Waals surface area contributed by atoms with Gasteiger partial charge in [-0.05, 0) is 38.3 Å². The first-order valence-corrected chi connectivity index (χ1v) is 6.75. The van der Waals surface area contributed by atoms with Gasteiger partial charge in [0.15, 0.2) is 0 Å². The monoisotopic (exact) mass is 271 g/mol. The van der Waals surface area contributed by atoms with Crippen LogP contribution in [0.15, 0.2) is 18.3 Å². The zero-order valence-corrected chi connectivity index (χ0v) is 11.6. The maximum absolute atomic E-state index is 5.76. The Kier molecular flexibility index (Phi) is 3.22. The summed E-state index contributed by atoms with van der Waals surface area (Å²) in [4.78, 5) is 17.1. The van der Waals surface area contributed by atoms with Crippen molar-refractivity contribution in [1.82, 2.24) is 19.9 Å². The lowest BCUT2D eigenvalue weighted by Crippen LogP contribution is -2.14. The minimum Gasteiger partial charge on any atom is -0.461 e. The molecule has 0 fully saturated rings. The van der Waals surface area contributed by atoms with Crippen LogP contribution in [0.2, 0.25) is 0 Å². The molecular weight excluding hydrogens is 254 g/mol. The van der Waals surface area contributed by atoms with E-state index in [1.807, 2.05) is 19.9 Å². The largest absolute Gasteiger partial charge is 0.461 e. The molecule has 20 heavy (non-hydrogen) atoms. The van der Waals surface area contributed by atoms with E-state index in [9.17, 15) is 0 Å². The number of nitrogens with two attached hydrogens (primary N) is 1. The molecule has 3 rings (SSSR count). The van der Waals surface area contributed by atoms with Crippen LogP contribution in [0.4, 0.5) is 5.95 Å². The van der Waals surface area contributed by atoms with Crippen LogP contribution in [0, 0.1) is 0 Å². The number of hydrogen-bond acceptors (Lipinski definition) is 6. The molecule has 0 aliphatic heterocycles. The van der Waals surface area contributed by atoms with E-state index in [0.29, 0.717) is 5.82 Å². The van der Waals surface area contributed by atoms with Gasteiger partial charge in [0.2, 0.25) is 5.95 Å². The molecular formula is C14H17N5O. The Hall–Kier alpha value is -2.24. The van der Waals surface area contributed by atoms with Crippen molar-refractivity contribution in [2.24, 2.45) is 0 Å². The van der Waals surface area contributed by atoms with Gasteiger partial charge in [0.05, 0.1) is 17.7 Å². The number of aryl methyl sites for hydroxylation is 1. The summed E-state index contributed by atoms with van der Waals surface area (Å²) in [6, 6.07) is 4.33. The van der Waals surface area contributed by atoms with Crippen molar-refractivity contribution in [3.63, 3.8) is 0 Å². The van der Waals surface area contributed by atoms with Gasteiger partial charge in [-0.15, -0.1) is 0 Å². The fourth-order valence-electron chi connectivity index (χ4n) is 2.47. The first kappa shape index (κ1) is 12.8. The van der Waals surface area contributed by atoms with E-state index in [1.165, 1.54) is 5.56 Å². The van der Waals surface area contributed by atoms with Crippen molar-refractivity contribution < 1.29 is 4.74 Å². The summed E-state index contributed by atoms with van der Waals surface area (Å²) < 4.78 is 5.52. The van der Waals surface area contributed by atoms with E-state index in [0.717, 1.165) is 18.5 Å². The molecule has 1 atom stereocenters. The Morgan fingerprint density at radius 3 is 2.95 bits per heavy atom. The first-order chi connectivity index (χ1) is 9.63. The highest BCUT2D eigenvalue weighted by atomic mass is 16.5. The lowest BCUT2D eigenvalue weighted by molar-refractivity contribution is 0.220. The summed E-state index contributed by atoms with van der Waals surface area (Å²) in [6.45, 7) is 3.85. The number of nitrogen functional groups attached to an aromatic ring is 1. The van der Waals surface area contributed by atoms with Crippen molar-refractivity contribution in [2.45, 2.75) is 38.7 Å². The Bertz CT molecular complexity index is 629. The van der Waals surface area contributed by atoms with Crippen molar-refractivity contribution in [2.75, 3.05) is 5.73 Å². The number of hydrogen-bond donors (Lipinski definition) is 1. The van der Waals surface area contributed by atoms with E-state index in [-0.39, 0.29) is 24.0 Å². The summed E-state index contributed by atoms with van der Waals surface area (Å²) in [7, 11) is 0. The maximum Gasteiger partial charge on any atom is 0.321 e. The summed E-state index contributed by atoms with van der Waals surface area (Å²) in [5, 5.41) is 0. The molecule has 0 saturated heterocycles. The second kappa shape index (κ2) is 5.03. The van der Waals surface area contributed by atoms with Crippen molar-refractivity contribution >= 4 is 5.95 Å². The summed E-state index contributed by atoms with van der Waals surface area (Å²) in [5.74, 6) is 0.909. The van der Waals surface area contributed by atoms with Gasteiger partial charge < -0.3 is 10.5 Å². The molecule has 0 spiro atoms. The van der Waals surface area contributed by atoms with Crippen molar-refractivity contribution in [3.8, 4) is 6.01 Å². The minimum absolute atomic E-state index is 0.00126. The Morgan fingerprint density at radius 2 is 2.15 bits per heavy atom. The number of anilines is 1. The van der Waals surface area contributed by atoms with Crippen LogP contribution in [-0.4, -0.2) is 26.0 Å². The average molecular weight is 271 g/mol. The molecule has 1 aliphatic carbocycles. The van der Waals surface area contributed by atoms with Gasteiger partial charge in [-0.25, -0.2) is 0 Å². The maximum atomic E-state index is 5.76. The Morgan fingerprint density at radius 1 is 1.30 bits per heavy atom. The van der Waals surface area contributed by atoms with Crippen LogP contribution >= 0.6 is 0 Å². The lowest BCUT2D eigenvalue weighted by atomic mass is 10.1. The van der Waals surface area contributed by atoms with Gasteiger partial charge in [0.25, 0.3) is 0 Å². The molecule has 2 N–H and O–H groups in total. The molecule has 0 radical (unpaired) electrons. The van der Waals surface area contributed by atoms with Crippen LogP contribution in [0.3, 0.4) is 0 Å². The molecule has 0 amide bonds. The summed E-state index contributed by atoms with van der Waals surface area (Å²) in [6.07, 6.45) is 3.72. The molecule has 2 aromatic rings. The SMILES string of the molecule is CC(C)Oc1nc(N)nc(C2CCc3cccnc32)n1. The van der Waals surface area contributed by atoms with E-state index in [4.69, 9.17) is 10.5 Å². The fraction of sp³-hybridized carbons (Fsp3) is 0.429. The molecule has 104 valence electrons. The Balaban J connectivity index is 1.97. The van der Waals surface area contributed by atoms with Crippen LogP contribution in [-0.2, 0) is 6.42 Å². The quantitative estimate of drug-likeness (QED) is 0.914. The van der Waals surface area contributed by atoms with E-state index >= 15 is 0 Å². The van der Waals surface area contributed by atoms with Gasteiger partial charge in [-0.3, -0.25) is 4.98 Å². The highest BCUT2D eigenvalue weighted by molar-refractivity contribution is 5.34. The number of pyridine rings is 1. The van der Waals surface area contributed by atoms with E-state index in [1.54, 1.807) is 6.20 Å². The van der Waals surface area contributed by atoms with E-state index < -0.39 is 0 Å². The summed E-state index contributed by atoms with van der Waals surface area (Å²) in [5.41, 5.74) is 8.05. The fourth-order valence-corrected chi connectivity index (χ4v) is 2.47. The molecule has 2 heterocycles. The molecule has 1 unspecified atom stereocenters. The highest BCUT2D eigenvalue weighted by Crippen LogP contribution is 2.35. The minimum atomic E-state index is -0.00126. The third-order valence-electron chi connectivity index (χ3n) is 3.26. The molecule has 0 bridgehead atoms. The predicted molar refractivity (Wildman–Crippen MR) is 74.4 cm³/mol. The lowest BCUT2D eigenvalue weighted by Gasteiger charge is -2.12. The van der Waals surface area contributed by atoms with Gasteiger partial charge >= 0.3 is 6.01 Å². The standard InChI is InChI=1S/C14H17N5O/c1-8(2)20-14-18-12(17-13(15)19-14)10-6-5-9-4-3-7-16-11(9)10/h3-4,7-8,10H,5-6H2,1-2H3,(H2,15,17,18,19). The van der Waals surface area contributed by atoms with Crippen molar-refractivity contribution in [3.05, 3.63) is 35.4 Å². The van der Waals surface area contributed by atoms with Gasteiger partial charge in [-0.2, -0.15) is 15.0 Å².